The predicted octanol–water partition coefficient (Wildman–Crippen LogP) is 6.48. The Morgan fingerprint density at radius 1 is 0.935 bits per heavy atom. The molecule has 1 aliphatic heterocycles. The Balaban J connectivity index is 2.51. The molecule has 0 N–H and O–H groups in total. The van der Waals surface area contributed by atoms with E-state index in [1.165, 1.54) is 12.8 Å². The van der Waals surface area contributed by atoms with Crippen LogP contribution in [0.4, 0.5) is 0 Å². The van der Waals surface area contributed by atoms with Gasteiger partial charge < -0.3 is 4.74 Å². The number of piperidine rings is 1. The van der Waals surface area contributed by atoms with Crippen molar-refractivity contribution in [3.05, 3.63) is 0 Å². The molecule has 4 heteroatoms. The summed E-state index contributed by atoms with van der Waals surface area (Å²) in [7, 11) is 6.40. The standard InChI is InChI=1S/C27H52BNO2/c1-20(21(2)23(30)25(6,7)8)22-12-17-29(18-13-22)26(9,10)16-19-31-27(11,28)15-14-24(3,4)5/h20-22H,12-19H2,1-11H3. The smallest absolute Gasteiger partial charge is 0.141 e. The Kier molecular flexibility index (Phi) is 9.92. The number of hydrogen-bond acceptors (Lipinski definition) is 3. The topological polar surface area (TPSA) is 29.5 Å². The van der Waals surface area contributed by atoms with Crippen molar-refractivity contribution < 1.29 is 9.53 Å². The Morgan fingerprint density at radius 2 is 1.45 bits per heavy atom. The highest BCUT2D eigenvalue weighted by atomic mass is 16.5. The van der Waals surface area contributed by atoms with Crippen molar-refractivity contribution in [3.63, 3.8) is 0 Å². The number of nitrogens with zero attached hydrogens (tertiary/aromatic N) is 1. The number of ether oxygens (including phenoxy) is 1. The summed E-state index contributed by atoms with van der Waals surface area (Å²) in [6.45, 7) is 26.8. The fourth-order valence-corrected chi connectivity index (χ4v) is 4.75. The minimum Gasteiger partial charge on any atom is -0.385 e. The molecule has 1 saturated heterocycles. The molecule has 3 atom stereocenters. The van der Waals surface area contributed by atoms with E-state index in [1.807, 2.05) is 27.7 Å². The lowest BCUT2D eigenvalue weighted by atomic mass is 9.72. The minimum atomic E-state index is -0.554. The summed E-state index contributed by atoms with van der Waals surface area (Å²) in [6.07, 6.45) is 5.27. The van der Waals surface area contributed by atoms with Crippen molar-refractivity contribution in [2.45, 2.75) is 119 Å². The number of Topliss-reactive ketones (excluding diaryl/α,β-unsaturated/α-hetero) is 1. The van der Waals surface area contributed by atoms with E-state index in [2.05, 4.69) is 53.4 Å². The number of ketones is 1. The molecule has 1 heterocycles. The number of rotatable bonds is 10. The fourth-order valence-electron chi connectivity index (χ4n) is 4.75. The minimum absolute atomic E-state index is 0.0984. The van der Waals surface area contributed by atoms with E-state index < -0.39 is 5.50 Å². The van der Waals surface area contributed by atoms with Gasteiger partial charge in [-0.05, 0) is 83.2 Å². The zero-order valence-corrected chi connectivity index (χ0v) is 22.7. The van der Waals surface area contributed by atoms with Crippen LogP contribution in [0, 0.1) is 28.6 Å². The number of carbonyl (C=O) groups excluding carboxylic acids is 1. The van der Waals surface area contributed by atoms with Gasteiger partial charge in [0.05, 0.1) is 0 Å². The Hall–Kier alpha value is -0.345. The maximum absolute atomic E-state index is 12.7. The number of likely N-dealkylation sites (tertiary alicyclic amines) is 1. The molecule has 0 bridgehead atoms. The first-order valence-electron chi connectivity index (χ1n) is 12.6. The Morgan fingerprint density at radius 3 is 1.90 bits per heavy atom. The van der Waals surface area contributed by atoms with Gasteiger partial charge in [-0.25, -0.2) is 0 Å². The first-order valence-corrected chi connectivity index (χ1v) is 12.6. The van der Waals surface area contributed by atoms with Gasteiger partial charge in [0.2, 0.25) is 0 Å². The van der Waals surface area contributed by atoms with Gasteiger partial charge in [-0.2, -0.15) is 0 Å². The maximum Gasteiger partial charge on any atom is 0.141 e. The van der Waals surface area contributed by atoms with Crippen molar-refractivity contribution in [1.82, 2.24) is 4.90 Å². The third-order valence-electron chi connectivity index (χ3n) is 7.60. The second kappa shape index (κ2) is 10.7. The summed E-state index contributed by atoms with van der Waals surface area (Å²) < 4.78 is 6.11. The van der Waals surface area contributed by atoms with E-state index in [9.17, 15) is 4.79 Å². The lowest BCUT2D eigenvalue weighted by Crippen LogP contribution is -2.50. The SMILES string of the molecule is [B]C(C)(CCC(C)(C)C)OCCC(C)(C)N1CCC(C(C)C(C)C(=O)C(C)(C)C)CC1. The third kappa shape index (κ3) is 9.58. The summed E-state index contributed by atoms with van der Waals surface area (Å²) in [4.78, 5) is 15.3. The molecule has 1 fully saturated rings. The van der Waals surface area contributed by atoms with Gasteiger partial charge >= 0.3 is 0 Å². The van der Waals surface area contributed by atoms with Crippen LogP contribution in [0.25, 0.3) is 0 Å². The maximum atomic E-state index is 12.7. The lowest BCUT2D eigenvalue weighted by molar-refractivity contribution is -0.132. The van der Waals surface area contributed by atoms with E-state index >= 15 is 0 Å². The molecule has 0 aromatic rings. The quantitative estimate of drug-likeness (QED) is 0.369. The second-order valence-electron chi connectivity index (χ2n) is 13.4. The Labute approximate surface area is 195 Å². The third-order valence-corrected chi connectivity index (χ3v) is 7.60. The number of hydrogen-bond donors (Lipinski definition) is 0. The largest absolute Gasteiger partial charge is 0.385 e. The molecule has 2 radical (unpaired) electrons. The predicted molar refractivity (Wildman–Crippen MR) is 135 cm³/mol. The fraction of sp³-hybridized carbons (Fsp3) is 0.963. The van der Waals surface area contributed by atoms with Crippen molar-refractivity contribution in [2.75, 3.05) is 19.7 Å². The highest BCUT2D eigenvalue weighted by Gasteiger charge is 2.37. The van der Waals surface area contributed by atoms with Gasteiger partial charge in [0.15, 0.2) is 0 Å². The monoisotopic (exact) mass is 433 g/mol. The van der Waals surface area contributed by atoms with E-state index in [1.54, 1.807) is 0 Å². The lowest BCUT2D eigenvalue weighted by Gasteiger charge is -2.45. The van der Waals surface area contributed by atoms with E-state index in [4.69, 9.17) is 12.6 Å². The molecule has 180 valence electrons. The summed E-state index contributed by atoms with van der Waals surface area (Å²) in [5.41, 5.74) is -0.427. The molecule has 3 unspecified atom stereocenters. The van der Waals surface area contributed by atoms with E-state index in [0.717, 1.165) is 32.4 Å². The molecule has 0 aromatic carbocycles. The zero-order chi connectivity index (χ0) is 24.3. The summed E-state index contributed by atoms with van der Waals surface area (Å²) in [6, 6.07) is 0. The van der Waals surface area contributed by atoms with Gasteiger partial charge in [0, 0.05) is 29.0 Å². The van der Waals surface area contributed by atoms with Gasteiger partial charge in [-0.3, -0.25) is 9.69 Å². The molecule has 1 rings (SSSR count). The van der Waals surface area contributed by atoms with Crippen LogP contribution in [0.15, 0.2) is 0 Å². The molecule has 0 aromatic heterocycles. The van der Waals surface area contributed by atoms with Crippen LogP contribution >= 0.6 is 0 Å². The highest BCUT2D eigenvalue weighted by Crippen LogP contribution is 2.36. The molecule has 31 heavy (non-hydrogen) atoms. The summed E-state index contributed by atoms with van der Waals surface area (Å²) >= 11 is 0. The first kappa shape index (κ1) is 28.7. The normalized spacial score (nSPS) is 21.5. The van der Waals surface area contributed by atoms with Crippen LogP contribution in [0.5, 0.6) is 0 Å². The van der Waals surface area contributed by atoms with E-state index in [0.29, 0.717) is 24.2 Å². The van der Waals surface area contributed by atoms with Crippen LogP contribution < -0.4 is 0 Å². The summed E-state index contributed by atoms with van der Waals surface area (Å²) in [5.74, 6) is 1.61. The van der Waals surface area contributed by atoms with Gasteiger partial charge in [-0.15, -0.1) is 0 Å². The second-order valence-corrected chi connectivity index (χ2v) is 13.4. The van der Waals surface area contributed by atoms with Crippen LogP contribution in [-0.4, -0.2) is 49.3 Å². The molecule has 0 saturated carbocycles. The van der Waals surface area contributed by atoms with Gasteiger partial charge in [0.1, 0.15) is 13.6 Å². The van der Waals surface area contributed by atoms with Crippen LogP contribution in [0.1, 0.15) is 108 Å². The molecule has 1 aliphatic rings. The van der Waals surface area contributed by atoms with E-state index in [-0.39, 0.29) is 22.3 Å². The average molecular weight is 434 g/mol. The number of carbonyl (C=O) groups is 1. The molecule has 0 aliphatic carbocycles. The van der Waals surface area contributed by atoms with Crippen LogP contribution in [0.2, 0.25) is 0 Å². The van der Waals surface area contributed by atoms with Crippen LogP contribution in [0.3, 0.4) is 0 Å². The first-order chi connectivity index (χ1) is 13.9. The van der Waals surface area contributed by atoms with Crippen molar-refractivity contribution >= 4 is 13.6 Å². The molecule has 3 nitrogen and oxygen atoms in total. The average Bonchev–Trinajstić information content (AvgIpc) is 2.63. The van der Waals surface area contributed by atoms with Crippen molar-refractivity contribution in [1.29, 1.82) is 0 Å². The summed E-state index contributed by atoms with van der Waals surface area (Å²) in [5, 5.41) is 0. The zero-order valence-electron chi connectivity index (χ0n) is 22.7. The van der Waals surface area contributed by atoms with Crippen molar-refractivity contribution in [3.8, 4) is 0 Å². The molecule has 0 spiro atoms. The molecular formula is C27H52BNO2. The van der Waals surface area contributed by atoms with Gasteiger partial charge in [-0.1, -0.05) is 55.4 Å². The van der Waals surface area contributed by atoms with Crippen LogP contribution in [-0.2, 0) is 9.53 Å². The van der Waals surface area contributed by atoms with Crippen molar-refractivity contribution in [2.24, 2.45) is 28.6 Å². The molecule has 0 amide bonds. The Bertz CT molecular complexity index is 563. The van der Waals surface area contributed by atoms with Gasteiger partial charge in [0.25, 0.3) is 0 Å². The molecular weight excluding hydrogens is 381 g/mol. The highest BCUT2D eigenvalue weighted by molar-refractivity contribution is 6.14.